The number of rotatable bonds is 4. The van der Waals surface area contributed by atoms with Crippen LogP contribution in [-0.4, -0.2) is 5.11 Å². The highest BCUT2D eigenvalue weighted by atomic mass is 19.4. The van der Waals surface area contributed by atoms with Gasteiger partial charge in [-0.1, -0.05) is 30.3 Å². The Balaban J connectivity index is 1.93. The third-order valence-electron chi connectivity index (χ3n) is 2.85. The number of phenolic OH excluding ortho intramolecular Hbond substituents is 1. The van der Waals surface area contributed by atoms with Crippen LogP contribution in [0.4, 0.5) is 13.2 Å². The molecule has 0 aliphatic rings. The molecule has 0 amide bonds. The Morgan fingerprint density at radius 3 is 2.20 bits per heavy atom. The number of phenols is 1. The van der Waals surface area contributed by atoms with Crippen molar-refractivity contribution in [3.63, 3.8) is 0 Å². The van der Waals surface area contributed by atoms with Crippen molar-refractivity contribution in [2.75, 3.05) is 0 Å². The first-order valence-corrected chi connectivity index (χ1v) is 6.10. The summed E-state index contributed by atoms with van der Waals surface area (Å²) in [6, 6.07) is 11.9. The second-order valence-electron chi connectivity index (χ2n) is 4.47. The van der Waals surface area contributed by atoms with Gasteiger partial charge in [-0.2, -0.15) is 13.2 Å². The number of aromatic hydroxyl groups is 1. The van der Waals surface area contributed by atoms with Gasteiger partial charge in [0.2, 0.25) is 0 Å². The third kappa shape index (κ3) is 3.99. The first-order chi connectivity index (χ1) is 9.45. The van der Waals surface area contributed by atoms with Crippen LogP contribution >= 0.6 is 0 Å². The summed E-state index contributed by atoms with van der Waals surface area (Å²) in [5.41, 5.74) is 0.898. The van der Waals surface area contributed by atoms with E-state index in [1.165, 1.54) is 6.07 Å². The van der Waals surface area contributed by atoms with E-state index >= 15 is 0 Å². The molecule has 0 saturated carbocycles. The van der Waals surface area contributed by atoms with Gasteiger partial charge in [0.15, 0.2) is 0 Å². The molecule has 0 atom stereocenters. The normalized spacial score (nSPS) is 11.6. The van der Waals surface area contributed by atoms with E-state index in [0.717, 1.165) is 17.7 Å². The number of nitrogens with one attached hydrogen (secondary N) is 1. The van der Waals surface area contributed by atoms with Crippen molar-refractivity contribution < 1.29 is 18.3 Å². The van der Waals surface area contributed by atoms with Crippen LogP contribution in [-0.2, 0) is 19.3 Å². The smallest absolute Gasteiger partial charge is 0.416 e. The van der Waals surface area contributed by atoms with Gasteiger partial charge in [0.25, 0.3) is 0 Å². The van der Waals surface area contributed by atoms with E-state index in [4.69, 9.17) is 5.11 Å². The highest BCUT2D eigenvalue weighted by Crippen LogP contribution is 2.29. The molecule has 0 spiro atoms. The summed E-state index contributed by atoms with van der Waals surface area (Å²) in [5, 5.41) is 12.2. The van der Waals surface area contributed by atoms with Gasteiger partial charge in [-0.05, 0) is 29.3 Å². The van der Waals surface area contributed by atoms with Crippen LogP contribution in [0.2, 0.25) is 0 Å². The molecule has 0 fully saturated rings. The number of benzene rings is 2. The molecule has 2 aromatic rings. The Morgan fingerprint density at radius 1 is 0.900 bits per heavy atom. The lowest BCUT2D eigenvalue weighted by Crippen LogP contribution is -2.13. The van der Waals surface area contributed by atoms with Gasteiger partial charge >= 0.3 is 6.18 Å². The number of halogens is 3. The first-order valence-electron chi connectivity index (χ1n) is 6.10. The fourth-order valence-electron chi connectivity index (χ4n) is 1.82. The Morgan fingerprint density at radius 2 is 1.55 bits per heavy atom. The molecule has 5 heteroatoms. The lowest BCUT2D eigenvalue weighted by Gasteiger charge is -2.09. The second kappa shape index (κ2) is 5.96. The fraction of sp³-hybridized carbons (Fsp3) is 0.200. The number of hydrogen-bond donors (Lipinski definition) is 2. The lowest BCUT2D eigenvalue weighted by atomic mass is 10.1. The molecule has 0 aliphatic carbocycles. The fourth-order valence-corrected chi connectivity index (χ4v) is 1.82. The van der Waals surface area contributed by atoms with E-state index < -0.39 is 11.7 Å². The zero-order chi connectivity index (χ0) is 14.6. The SMILES string of the molecule is Oc1ccc(CNCc2cccc(C(F)(F)F)c2)cc1. The zero-order valence-electron chi connectivity index (χ0n) is 10.6. The zero-order valence-corrected chi connectivity index (χ0v) is 10.6. The van der Waals surface area contributed by atoms with E-state index in [2.05, 4.69) is 5.32 Å². The third-order valence-corrected chi connectivity index (χ3v) is 2.85. The average Bonchev–Trinajstić information content (AvgIpc) is 2.40. The summed E-state index contributed by atoms with van der Waals surface area (Å²) in [5.74, 6) is 0.187. The quantitative estimate of drug-likeness (QED) is 0.895. The van der Waals surface area contributed by atoms with Gasteiger partial charge in [-0.15, -0.1) is 0 Å². The predicted octanol–water partition coefficient (Wildman–Crippen LogP) is 3.70. The Hall–Kier alpha value is -2.01. The van der Waals surface area contributed by atoms with Crippen LogP contribution in [0, 0.1) is 0 Å². The molecule has 0 radical (unpaired) electrons. The van der Waals surface area contributed by atoms with E-state index in [1.807, 2.05) is 0 Å². The Labute approximate surface area is 114 Å². The van der Waals surface area contributed by atoms with Crippen molar-refractivity contribution >= 4 is 0 Å². The van der Waals surface area contributed by atoms with Crippen LogP contribution in [0.1, 0.15) is 16.7 Å². The van der Waals surface area contributed by atoms with Crippen molar-refractivity contribution in [2.24, 2.45) is 0 Å². The minimum Gasteiger partial charge on any atom is -0.508 e. The number of hydrogen-bond acceptors (Lipinski definition) is 2. The van der Waals surface area contributed by atoms with Crippen molar-refractivity contribution in [2.45, 2.75) is 19.3 Å². The van der Waals surface area contributed by atoms with Crippen LogP contribution < -0.4 is 5.32 Å². The van der Waals surface area contributed by atoms with Gasteiger partial charge in [0.05, 0.1) is 5.56 Å². The molecule has 2 nitrogen and oxygen atoms in total. The monoisotopic (exact) mass is 281 g/mol. The molecular weight excluding hydrogens is 267 g/mol. The molecule has 0 unspecified atom stereocenters. The van der Waals surface area contributed by atoms with Crippen LogP contribution in [0.5, 0.6) is 5.75 Å². The molecule has 2 N–H and O–H groups in total. The van der Waals surface area contributed by atoms with E-state index in [0.29, 0.717) is 18.7 Å². The molecule has 106 valence electrons. The van der Waals surface area contributed by atoms with Gasteiger partial charge in [-0.25, -0.2) is 0 Å². The van der Waals surface area contributed by atoms with Crippen molar-refractivity contribution in [1.29, 1.82) is 0 Å². The summed E-state index contributed by atoms with van der Waals surface area (Å²) in [7, 11) is 0. The van der Waals surface area contributed by atoms with E-state index in [9.17, 15) is 13.2 Å². The van der Waals surface area contributed by atoms with E-state index in [1.54, 1.807) is 30.3 Å². The molecular formula is C15H14F3NO. The topological polar surface area (TPSA) is 32.3 Å². The molecule has 2 aromatic carbocycles. The van der Waals surface area contributed by atoms with Crippen LogP contribution in [0.3, 0.4) is 0 Å². The Bertz CT molecular complexity index is 564. The predicted molar refractivity (Wildman–Crippen MR) is 70.1 cm³/mol. The molecule has 2 rings (SSSR count). The van der Waals surface area contributed by atoms with Gasteiger partial charge in [0, 0.05) is 13.1 Å². The number of alkyl halides is 3. The summed E-state index contributed by atoms with van der Waals surface area (Å²) in [4.78, 5) is 0. The highest BCUT2D eigenvalue weighted by Gasteiger charge is 2.30. The van der Waals surface area contributed by atoms with Crippen molar-refractivity contribution in [3.8, 4) is 5.75 Å². The van der Waals surface area contributed by atoms with E-state index in [-0.39, 0.29) is 5.75 Å². The molecule has 0 aliphatic heterocycles. The maximum Gasteiger partial charge on any atom is 0.416 e. The van der Waals surface area contributed by atoms with Crippen LogP contribution in [0.15, 0.2) is 48.5 Å². The first kappa shape index (κ1) is 14.4. The average molecular weight is 281 g/mol. The molecule has 0 bridgehead atoms. The van der Waals surface area contributed by atoms with Gasteiger partial charge in [0.1, 0.15) is 5.75 Å². The molecule has 0 saturated heterocycles. The van der Waals surface area contributed by atoms with Crippen molar-refractivity contribution in [1.82, 2.24) is 5.32 Å². The van der Waals surface area contributed by atoms with Gasteiger partial charge in [-0.3, -0.25) is 0 Å². The summed E-state index contributed by atoms with van der Waals surface area (Å²) >= 11 is 0. The maximum atomic E-state index is 12.5. The lowest BCUT2D eigenvalue weighted by molar-refractivity contribution is -0.137. The largest absolute Gasteiger partial charge is 0.508 e. The molecule has 20 heavy (non-hydrogen) atoms. The standard InChI is InChI=1S/C15H14F3NO/c16-15(17,18)13-3-1-2-12(8-13)10-19-9-11-4-6-14(20)7-5-11/h1-8,19-20H,9-10H2. The molecule has 0 aromatic heterocycles. The maximum absolute atomic E-state index is 12.5. The summed E-state index contributed by atoms with van der Waals surface area (Å²) < 4.78 is 37.6. The Kier molecular flexibility index (Phi) is 4.29. The van der Waals surface area contributed by atoms with Crippen molar-refractivity contribution in [3.05, 3.63) is 65.2 Å². The minimum atomic E-state index is -4.31. The summed E-state index contributed by atoms with van der Waals surface area (Å²) in [6.45, 7) is 0.876. The van der Waals surface area contributed by atoms with Crippen LogP contribution in [0.25, 0.3) is 0 Å². The second-order valence-corrected chi connectivity index (χ2v) is 4.47. The summed E-state index contributed by atoms with van der Waals surface area (Å²) in [6.07, 6.45) is -4.31. The van der Waals surface area contributed by atoms with Gasteiger partial charge < -0.3 is 10.4 Å². The molecule has 0 heterocycles. The highest BCUT2D eigenvalue weighted by molar-refractivity contribution is 5.27. The minimum absolute atomic E-state index is 0.187.